The molecule has 0 aliphatic carbocycles. The van der Waals surface area contributed by atoms with Crippen LogP contribution < -0.4 is 5.32 Å². The first-order valence-corrected chi connectivity index (χ1v) is 7.15. The zero-order valence-corrected chi connectivity index (χ0v) is 13.6. The highest BCUT2D eigenvalue weighted by atomic mass is 16.2. The van der Waals surface area contributed by atoms with Gasteiger partial charge in [-0.3, -0.25) is 14.3 Å². The van der Waals surface area contributed by atoms with Gasteiger partial charge in [0, 0.05) is 18.2 Å². The van der Waals surface area contributed by atoms with Gasteiger partial charge in [0.1, 0.15) is 5.69 Å². The molecule has 0 saturated heterocycles. The summed E-state index contributed by atoms with van der Waals surface area (Å²) in [5, 5.41) is 6.93. The van der Waals surface area contributed by atoms with Gasteiger partial charge in [0.15, 0.2) is 0 Å². The standard InChI is InChI=1S/C17H21N3O2/c1-11-6-8-12(9-7-11)18-16(22)15(21)13-10-14(17(2,3)4)19-20(13)5/h6-10H,1-5H3,(H,18,22). The average Bonchev–Trinajstić information content (AvgIpc) is 2.82. The first-order chi connectivity index (χ1) is 10.2. The predicted molar refractivity (Wildman–Crippen MR) is 86.0 cm³/mol. The number of anilines is 1. The summed E-state index contributed by atoms with van der Waals surface area (Å²) in [6, 6.07) is 8.97. The Balaban J connectivity index is 2.19. The van der Waals surface area contributed by atoms with E-state index in [1.807, 2.05) is 39.8 Å². The zero-order chi connectivity index (χ0) is 16.5. The number of nitrogens with one attached hydrogen (secondary N) is 1. The molecule has 2 rings (SSSR count). The maximum Gasteiger partial charge on any atom is 0.298 e. The molecule has 116 valence electrons. The number of carbonyl (C=O) groups is 2. The van der Waals surface area contributed by atoms with E-state index in [1.165, 1.54) is 4.68 Å². The van der Waals surface area contributed by atoms with Gasteiger partial charge in [-0.05, 0) is 25.1 Å². The number of amides is 1. The quantitative estimate of drug-likeness (QED) is 0.700. The molecule has 2 aromatic rings. The number of rotatable bonds is 3. The lowest BCUT2D eigenvalue weighted by atomic mass is 9.92. The molecule has 5 nitrogen and oxygen atoms in total. The Labute approximate surface area is 130 Å². The van der Waals surface area contributed by atoms with Gasteiger partial charge in [-0.1, -0.05) is 38.5 Å². The van der Waals surface area contributed by atoms with Crippen molar-refractivity contribution in [3.8, 4) is 0 Å². The van der Waals surface area contributed by atoms with Crippen molar-refractivity contribution in [2.45, 2.75) is 33.1 Å². The molecular formula is C17H21N3O2. The van der Waals surface area contributed by atoms with E-state index in [1.54, 1.807) is 25.2 Å². The average molecular weight is 299 g/mol. The number of aryl methyl sites for hydroxylation is 2. The lowest BCUT2D eigenvalue weighted by Gasteiger charge is -2.13. The second kappa shape index (κ2) is 5.75. The van der Waals surface area contributed by atoms with Crippen molar-refractivity contribution in [3.63, 3.8) is 0 Å². The Morgan fingerprint density at radius 1 is 1.14 bits per heavy atom. The number of benzene rings is 1. The van der Waals surface area contributed by atoms with E-state index in [9.17, 15) is 9.59 Å². The SMILES string of the molecule is Cc1ccc(NC(=O)C(=O)c2cc(C(C)(C)C)nn2C)cc1. The summed E-state index contributed by atoms with van der Waals surface area (Å²) >= 11 is 0. The van der Waals surface area contributed by atoms with Crippen LogP contribution in [0.3, 0.4) is 0 Å². The third-order valence-electron chi connectivity index (χ3n) is 3.40. The molecule has 1 amide bonds. The zero-order valence-electron chi connectivity index (χ0n) is 13.6. The summed E-state index contributed by atoms with van der Waals surface area (Å²) in [4.78, 5) is 24.4. The molecule has 1 N–H and O–H groups in total. The highest BCUT2D eigenvalue weighted by Crippen LogP contribution is 2.21. The van der Waals surface area contributed by atoms with Crippen LogP contribution in [0.2, 0.25) is 0 Å². The summed E-state index contributed by atoms with van der Waals surface area (Å²) in [5.74, 6) is -1.25. The maximum absolute atomic E-state index is 12.3. The fourth-order valence-corrected chi connectivity index (χ4v) is 1.99. The van der Waals surface area contributed by atoms with Crippen LogP contribution >= 0.6 is 0 Å². The van der Waals surface area contributed by atoms with Crippen LogP contribution in [0.1, 0.15) is 42.5 Å². The summed E-state index contributed by atoms with van der Waals surface area (Å²) in [7, 11) is 1.67. The maximum atomic E-state index is 12.3. The summed E-state index contributed by atoms with van der Waals surface area (Å²) in [5.41, 5.74) is 2.58. The van der Waals surface area contributed by atoms with Crippen LogP contribution in [0, 0.1) is 6.92 Å². The molecule has 0 spiro atoms. The first-order valence-electron chi connectivity index (χ1n) is 7.15. The summed E-state index contributed by atoms with van der Waals surface area (Å²) < 4.78 is 1.46. The molecule has 0 unspecified atom stereocenters. The monoisotopic (exact) mass is 299 g/mol. The van der Waals surface area contributed by atoms with Gasteiger partial charge in [-0.15, -0.1) is 0 Å². The van der Waals surface area contributed by atoms with Crippen LogP contribution in [0.15, 0.2) is 30.3 Å². The first kappa shape index (κ1) is 15.9. The van der Waals surface area contributed by atoms with E-state index in [0.29, 0.717) is 5.69 Å². The Morgan fingerprint density at radius 2 is 1.73 bits per heavy atom. The van der Waals surface area contributed by atoms with E-state index in [-0.39, 0.29) is 11.1 Å². The van der Waals surface area contributed by atoms with Gasteiger partial charge in [0.05, 0.1) is 5.69 Å². The molecule has 1 aromatic heterocycles. The number of nitrogens with zero attached hydrogens (tertiary/aromatic N) is 2. The van der Waals surface area contributed by atoms with E-state index in [0.717, 1.165) is 11.3 Å². The number of hydrogen-bond donors (Lipinski definition) is 1. The van der Waals surface area contributed by atoms with Gasteiger partial charge < -0.3 is 5.32 Å². The van der Waals surface area contributed by atoms with Crippen molar-refractivity contribution in [1.82, 2.24) is 9.78 Å². The van der Waals surface area contributed by atoms with Gasteiger partial charge in [-0.2, -0.15) is 5.10 Å². The molecular weight excluding hydrogens is 278 g/mol. The van der Waals surface area contributed by atoms with Gasteiger partial charge in [0.2, 0.25) is 0 Å². The van der Waals surface area contributed by atoms with Crippen LogP contribution in [0.5, 0.6) is 0 Å². The van der Waals surface area contributed by atoms with Crippen molar-refractivity contribution in [2.24, 2.45) is 7.05 Å². The highest BCUT2D eigenvalue weighted by molar-refractivity contribution is 6.46. The molecule has 0 saturated carbocycles. The molecule has 0 bridgehead atoms. The number of Topliss-reactive ketones (excluding diaryl/α,β-unsaturated/α-hetero) is 1. The van der Waals surface area contributed by atoms with Crippen LogP contribution in [0.25, 0.3) is 0 Å². The number of hydrogen-bond acceptors (Lipinski definition) is 3. The Kier molecular flexibility index (Phi) is 4.17. The molecule has 0 aliphatic rings. The second-order valence-electron chi connectivity index (χ2n) is 6.44. The third-order valence-corrected chi connectivity index (χ3v) is 3.40. The van der Waals surface area contributed by atoms with E-state index in [2.05, 4.69) is 10.4 Å². The smallest absolute Gasteiger partial charge is 0.298 e. The highest BCUT2D eigenvalue weighted by Gasteiger charge is 2.25. The van der Waals surface area contributed by atoms with E-state index in [4.69, 9.17) is 0 Å². The molecule has 0 fully saturated rings. The van der Waals surface area contributed by atoms with Crippen molar-refractivity contribution in [3.05, 3.63) is 47.3 Å². The summed E-state index contributed by atoms with van der Waals surface area (Å²) in [6.45, 7) is 7.99. The van der Waals surface area contributed by atoms with Crippen LogP contribution in [-0.4, -0.2) is 21.5 Å². The lowest BCUT2D eigenvalue weighted by molar-refractivity contribution is -0.112. The Bertz CT molecular complexity index is 706. The van der Waals surface area contributed by atoms with Crippen molar-refractivity contribution < 1.29 is 9.59 Å². The number of aromatic nitrogens is 2. The molecule has 22 heavy (non-hydrogen) atoms. The number of ketones is 1. The van der Waals surface area contributed by atoms with E-state index < -0.39 is 11.7 Å². The van der Waals surface area contributed by atoms with Crippen molar-refractivity contribution in [1.29, 1.82) is 0 Å². The molecule has 1 heterocycles. The second-order valence-corrected chi connectivity index (χ2v) is 6.44. The van der Waals surface area contributed by atoms with Gasteiger partial charge in [0.25, 0.3) is 11.7 Å². The Morgan fingerprint density at radius 3 is 2.23 bits per heavy atom. The largest absolute Gasteiger partial charge is 0.319 e. The minimum Gasteiger partial charge on any atom is -0.319 e. The lowest BCUT2D eigenvalue weighted by Crippen LogP contribution is -2.24. The predicted octanol–water partition coefficient (Wildman–Crippen LogP) is 2.85. The minimum absolute atomic E-state index is 0.177. The molecule has 0 radical (unpaired) electrons. The molecule has 5 heteroatoms. The number of carbonyl (C=O) groups excluding carboxylic acids is 2. The van der Waals surface area contributed by atoms with Crippen molar-refractivity contribution >= 4 is 17.4 Å². The minimum atomic E-state index is -0.660. The van der Waals surface area contributed by atoms with Crippen LogP contribution in [-0.2, 0) is 17.3 Å². The summed E-state index contributed by atoms with van der Waals surface area (Å²) in [6.07, 6.45) is 0. The van der Waals surface area contributed by atoms with Gasteiger partial charge >= 0.3 is 0 Å². The topological polar surface area (TPSA) is 64.0 Å². The Hall–Kier alpha value is -2.43. The molecule has 0 atom stereocenters. The normalized spacial score (nSPS) is 11.3. The fourth-order valence-electron chi connectivity index (χ4n) is 1.99. The van der Waals surface area contributed by atoms with E-state index >= 15 is 0 Å². The third kappa shape index (κ3) is 3.42. The fraction of sp³-hybridized carbons (Fsp3) is 0.353. The van der Waals surface area contributed by atoms with Crippen LogP contribution in [0.4, 0.5) is 5.69 Å². The van der Waals surface area contributed by atoms with Gasteiger partial charge in [-0.25, -0.2) is 0 Å². The van der Waals surface area contributed by atoms with Crippen molar-refractivity contribution in [2.75, 3.05) is 5.32 Å². The molecule has 1 aromatic carbocycles. The molecule has 0 aliphatic heterocycles.